The summed E-state index contributed by atoms with van der Waals surface area (Å²) in [6, 6.07) is 14.3. The predicted molar refractivity (Wildman–Crippen MR) is 89.3 cm³/mol. The van der Waals surface area contributed by atoms with Crippen LogP contribution in [0.2, 0.25) is 0 Å². The number of carbonyl (C=O) groups is 2. The quantitative estimate of drug-likeness (QED) is 0.883. The number of halogens is 1. The summed E-state index contributed by atoms with van der Waals surface area (Å²) in [4.78, 5) is 25.4. The molecule has 3 amide bonds. The Bertz CT molecular complexity index is 698. The highest BCUT2D eigenvalue weighted by atomic mass is 79.9. The highest BCUT2D eigenvalue weighted by Gasteiger charge is 2.21. The molecule has 2 aromatic rings. The van der Waals surface area contributed by atoms with Crippen LogP contribution < -0.4 is 15.5 Å². The molecule has 0 spiro atoms. The van der Waals surface area contributed by atoms with E-state index in [1.54, 1.807) is 29.2 Å². The fourth-order valence-electron chi connectivity index (χ4n) is 2.25. The highest BCUT2D eigenvalue weighted by Crippen LogP contribution is 2.19. The monoisotopic (exact) mass is 359 g/mol. The Morgan fingerprint density at radius 3 is 2.36 bits per heavy atom. The number of benzene rings is 2. The van der Waals surface area contributed by atoms with Gasteiger partial charge in [-0.3, -0.25) is 9.69 Å². The van der Waals surface area contributed by atoms with Crippen molar-refractivity contribution in [3.8, 4) is 0 Å². The summed E-state index contributed by atoms with van der Waals surface area (Å²) in [5.41, 5.74) is 2.07. The minimum Gasteiger partial charge on any atom is -0.336 e. The predicted octanol–water partition coefficient (Wildman–Crippen LogP) is 3.23. The summed E-state index contributed by atoms with van der Waals surface area (Å²) < 4.78 is 0.957. The van der Waals surface area contributed by atoms with E-state index in [4.69, 9.17) is 0 Å². The molecule has 0 aromatic heterocycles. The van der Waals surface area contributed by atoms with Gasteiger partial charge in [-0.2, -0.15) is 0 Å². The third-order valence-electron chi connectivity index (χ3n) is 3.40. The summed E-state index contributed by atoms with van der Waals surface area (Å²) >= 11 is 3.35. The molecule has 0 saturated carbocycles. The number of rotatable bonds is 3. The third kappa shape index (κ3) is 3.12. The van der Waals surface area contributed by atoms with Crippen molar-refractivity contribution in [2.45, 2.75) is 0 Å². The molecule has 1 fully saturated rings. The Kier molecular flexibility index (Phi) is 4.11. The number of carbonyl (C=O) groups excluding carboxylic acids is 2. The highest BCUT2D eigenvalue weighted by molar-refractivity contribution is 9.10. The van der Waals surface area contributed by atoms with Crippen LogP contribution in [0.3, 0.4) is 0 Å². The first-order valence-electron chi connectivity index (χ1n) is 6.86. The SMILES string of the molecule is O=C(Nc1ccc(Br)cc1)c1ccc(N2CCNC2=O)cc1. The second kappa shape index (κ2) is 6.19. The zero-order valence-electron chi connectivity index (χ0n) is 11.7. The standard InChI is InChI=1S/C16H14BrN3O2/c17-12-3-5-13(6-4-12)19-15(21)11-1-7-14(8-2-11)20-10-9-18-16(20)22/h1-8H,9-10H2,(H,18,22)(H,19,21). The topological polar surface area (TPSA) is 61.4 Å². The number of nitrogens with one attached hydrogen (secondary N) is 2. The van der Waals surface area contributed by atoms with Crippen LogP contribution in [0.25, 0.3) is 0 Å². The Balaban J connectivity index is 1.70. The Morgan fingerprint density at radius 2 is 1.77 bits per heavy atom. The van der Waals surface area contributed by atoms with Gasteiger partial charge in [0.2, 0.25) is 0 Å². The molecule has 1 aliphatic heterocycles. The maximum Gasteiger partial charge on any atom is 0.321 e. The van der Waals surface area contributed by atoms with Crippen molar-refractivity contribution in [1.29, 1.82) is 0 Å². The third-order valence-corrected chi connectivity index (χ3v) is 3.93. The van der Waals surface area contributed by atoms with Crippen molar-refractivity contribution in [1.82, 2.24) is 5.32 Å². The summed E-state index contributed by atoms with van der Waals surface area (Å²) in [6.07, 6.45) is 0. The lowest BCUT2D eigenvalue weighted by Crippen LogP contribution is -2.27. The molecule has 2 N–H and O–H groups in total. The van der Waals surface area contributed by atoms with Crippen LogP contribution in [0, 0.1) is 0 Å². The molecule has 22 heavy (non-hydrogen) atoms. The van der Waals surface area contributed by atoms with Gasteiger partial charge in [0.05, 0.1) is 0 Å². The van der Waals surface area contributed by atoms with Gasteiger partial charge in [-0.05, 0) is 48.5 Å². The van der Waals surface area contributed by atoms with E-state index < -0.39 is 0 Å². The van der Waals surface area contributed by atoms with Crippen molar-refractivity contribution in [2.75, 3.05) is 23.3 Å². The molecule has 1 heterocycles. The van der Waals surface area contributed by atoms with Gasteiger partial charge < -0.3 is 10.6 Å². The van der Waals surface area contributed by atoms with Crippen molar-refractivity contribution in [3.63, 3.8) is 0 Å². The van der Waals surface area contributed by atoms with E-state index in [2.05, 4.69) is 26.6 Å². The number of nitrogens with zero attached hydrogens (tertiary/aromatic N) is 1. The van der Waals surface area contributed by atoms with E-state index in [-0.39, 0.29) is 11.9 Å². The lowest BCUT2D eigenvalue weighted by Gasteiger charge is -2.14. The van der Waals surface area contributed by atoms with Crippen molar-refractivity contribution < 1.29 is 9.59 Å². The van der Waals surface area contributed by atoms with E-state index in [0.717, 1.165) is 15.8 Å². The minimum atomic E-state index is -0.181. The average Bonchev–Trinajstić information content (AvgIpc) is 2.96. The Hall–Kier alpha value is -2.34. The van der Waals surface area contributed by atoms with E-state index in [9.17, 15) is 9.59 Å². The summed E-state index contributed by atoms with van der Waals surface area (Å²) in [6.45, 7) is 1.29. The Morgan fingerprint density at radius 1 is 1.09 bits per heavy atom. The fourth-order valence-corrected chi connectivity index (χ4v) is 2.51. The number of hydrogen-bond acceptors (Lipinski definition) is 2. The molecule has 6 heteroatoms. The normalized spacial score (nSPS) is 13.9. The first-order valence-corrected chi connectivity index (χ1v) is 7.65. The molecule has 1 aliphatic rings. The van der Waals surface area contributed by atoms with Gasteiger partial charge in [-0.25, -0.2) is 4.79 Å². The number of amides is 3. The zero-order chi connectivity index (χ0) is 15.5. The minimum absolute atomic E-state index is 0.105. The first-order chi connectivity index (χ1) is 10.6. The van der Waals surface area contributed by atoms with Gasteiger partial charge in [0.15, 0.2) is 0 Å². The van der Waals surface area contributed by atoms with Crippen LogP contribution >= 0.6 is 15.9 Å². The summed E-state index contributed by atoms with van der Waals surface area (Å²) in [7, 11) is 0. The molecule has 0 radical (unpaired) electrons. The fraction of sp³-hybridized carbons (Fsp3) is 0.125. The molecule has 112 valence electrons. The van der Waals surface area contributed by atoms with E-state index in [1.165, 1.54) is 0 Å². The smallest absolute Gasteiger partial charge is 0.321 e. The molecule has 0 bridgehead atoms. The molecule has 3 rings (SSSR count). The second-order valence-electron chi connectivity index (χ2n) is 4.89. The van der Waals surface area contributed by atoms with Gasteiger partial charge in [0, 0.05) is 34.5 Å². The van der Waals surface area contributed by atoms with E-state index >= 15 is 0 Å². The van der Waals surface area contributed by atoms with Crippen LogP contribution in [-0.2, 0) is 0 Å². The lowest BCUT2D eigenvalue weighted by atomic mass is 10.2. The van der Waals surface area contributed by atoms with Crippen molar-refractivity contribution in [3.05, 3.63) is 58.6 Å². The van der Waals surface area contributed by atoms with Crippen LogP contribution in [0.4, 0.5) is 16.2 Å². The van der Waals surface area contributed by atoms with Gasteiger partial charge in [0.25, 0.3) is 5.91 Å². The van der Waals surface area contributed by atoms with Gasteiger partial charge in [-0.1, -0.05) is 15.9 Å². The molecule has 0 aliphatic carbocycles. The average molecular weight is 360 g/mol. The van der Waals surface area contributed by atoms with Gasteiger partial charge in [-0.15, -0.1) is 0 Å². The summed E-state index contributed by atoms with van der Waals surface area (Å²) in [5.74, 6) is -0.181. The van der Waals surface area contributed by atoms with E-state index in [1.807, 2.05) is 24.3 Å². The molecule has 0 unspecified atom stereocenters. The molecule has 0 atom stereocenters. The van der Waals surface area contributed by atoms with Crippen LogP contribution in [0.1, 0.15) is 10.4 Å². The largest absolute Gasteiger partial charge is 0.336 e. The zero-order valence-corrected chi connectivity index (χ0v) is 13.3. The molecule has 2 aromatic carbocycles. The van der Waals surface area contributed by atoms with Crippen molar-refractivity contribution >= 4 is 39.2 Å². The first kappa shape index (κ1) is 14.6. The van der Waals surface area contributed by atoms with Crippen LogP contribution in [0.15, 0.2) is 53.0 Å². The Labute approximate surface area is 136 Å². The van der Waals surface area contributed by atoms with E-state index in [0.29, 0.717) is 18.7 Å². The molecule has 1 saturated heterocycles. The second-order valence-corrected chi connectivity index (χ2v) is 5.81. The van der Waals surface area contributed by atoms with Crippen molar-refractivity contribution in [2.24, 2.45) is 0 Å². The van der Waals surface area contributed by atoms with Gasteiger partial charge in [0.1, 0.15) is 0 Å². The molecule has 5 nitrogen and oxygen atoms in total. The van der Waals surface area contributed by atoms with Gasteiger partial charge >= 0.3 is 6.03 Å². The molecular weight excluding hydrogens is 346 g/mol. The maximum absolute atomic E-state index is 12.2. The van der Waals surface area contributed by atoms with Crippen LogP contribution in [0.5, 0.6) is 0 Å². The summed E-state index contributed by atoms with van der Waals surface area (Å²) in [5, 5.41) is 5.58. The van der Waals surface area contributed by atoms with Crippen LogP contribution in [-0.4, -0.2) is 25.0 Å². The maximum atomic E-state index is 12.2. The number of hydrogen-bond donors (Lipinski definition) is 2. The number of urea groups is 1. The number of anilines is 2. The lowest BCUT2D eigenvalue weighted by molar-refractivity contribution is 0.102. The molecular formula is C16H14BrN3O2.